The Morgan fingerprint density at radius 3 is 1.76 bits per heavy atom. The quantitative estimate of drug-likeness (QED) is 0.490. The Kier molecular flexibility index (Phi) is 5.60. The van der Waals surface area contributed by atoms with E-state index in [0.29, 0.717) is 5.56 Å². The lowest BCUT2D eigenvalue weighted by atomic mass is 9.98. The second-order valence-corrected chi connectivity index (χ2v) is 6.39. The number of hydrogen-bond acceptors (Lipinski definition) is 0. The van der Waals surface area contributed by atoms with Gasteiger partial charge < -0.3 is 0 Å². The standard InChI is InChI=1S/C23H22F2/c1-2-3-19-10-15-22(23(25)16-19)20-11-6-17(7-12-20)4-5-18-8-13-21(24)14-9-18/h6-16H,2-5H2,1H3. The molecule has 0 aliphatic carbocycles. The average molecular weight is 336 g/mol. The first-order valence-electron chi connectivity index (χ1n) is 8.78. The monoisotopic (exact) mass is 336 g/mol. The summed E-state index contributed by atoms with van der Waals surface area (Å²) in [6, 6.07) is 20.1. The van der Waals surface area contributed by atoms with Gasteiger partial charge in [0.25, 0.3) is 0 Å². The van der Waals surface area contributed by atoms with Gasteiger partial charge in [-0.1, -0.05) is 61.9 Å². The molecule has 0 amide bonds. The van der Waals surface area contributed by atoms with Crippen LogP contribution in [-0.2, 0) is 19.3 Å². The van der Waals surface area contributed by atoms with E-state index in [1.807, 2.05) is 48.5 Å². The molecule has 0 heterocycles. The maximum atomic E-state index is 14.3. The lowest BCUT2D eigenvalue weighted by molar-refractivity contribution is 0.626. The van der Waals surface area contributed by atoms with Crippen LogP contribution < -0.4 is 0 Å². The zero-order valence-corrected chi connectivity index (χ0v) is 14.4. The number of rotatable bonds is 6. The molecule has 0 saturated heterocycles. The van der Waals surface area contributed by atoms with Crippen molar-refractivity contribution in [2.45, 2.75) is 32.6 Å². The molecule has 0 aliphatic heterocycles. The number of halogens is 2. The van der Waals surface area contributed by atoms with Gasteiger partial charge in [0.1, 0.15) is 11.6 Å². The summed E-state index contributed by atoms with van der Waals surface area (Å²) >= 11 is 0. The van der Waals surface area contributed by atoms with Gasteiger partial charge in [0.05, 0.1) is 0 Å². The van der Waals surface area contributed by atoms with Crippen LogP contribution in [0.25, 0.3) is 11.1 Å². The highest BCUT2D eigenvalue weighted by atomic mass is 19.1. The zero-order chi connectivity index (χ0) is 17.6. The molecule has 0 nitrogen and oxygen atoms in total. The van der Waals surface area contributed by atoms with Crippen molar-refractivity contribution in [3.8, 4) is 11.1 Å². The summed E-state index contributed by atoms with van der Waals surface area (Å²) < 4.78 is 27.3. The van der Waals surface area contributed by atoms with Crippen LogP contribution in [0.2, 0.25) is 0 Å². The average Bonchev–Trinajstić information content (AvgIpc) is 2.62. The molecule has 3 rings (SSSR count). The van der Waals surface area contributed by atoms with Gasteiger partial charge in [-0.3, -0.25) is 0 Å². The van der Waals surface area contributed by atoms with Crippen LogP contribution in [0.15, 0.2) is 66.7 Å². The summed E-state index contributed by atoms with van der Waals surface area (Å²) in [6.07, 6.45) is 3.66. The lowest BCUT2D eigenvalue weighted by Gasteiger charge is -2.08. The minimum absolute atomic E-state index is 0.162. The van der Waals surface area contributed by atoms with Gasteiger partial charge in [-0.15, -0.1) is 0 Å². The summed E-state index contributed by atoms with van der Waals surface area (Å²) in [5, 5.41) is 0. The maximum absolute atomic E-state index is 14.3. The summed E-state index contributed by atoms with van der Waals surface area (Å²) in [5.41, 5.74) is 4.88. The third kappa shape index (κ3) is 4.54. The molecule has 128 valence electrons. The van der Waals surface area contributed by atoms with Crippen LogP contribution >= 0.6 is 0 Å². The van der Waals surface area contributed by atoms with E-state index in [9.17, 15) is 8.78 Å². The summed E-state index contributed by atoms with van der Waals surface area (Å²) in [7, 11) is 0. The molecule has 0 spiro atoms. The molecule has 0 N–H and O–H groups in total. The highest BCUT2D eigenvalue weighted by molar-refractivity contribution is 5.64. The number of aryl methyl sites for hydroxylation is 3. The molecule has 0 fully saturated rings. The molecule has 25 heavy (non-hydrogen) atoms. The van der Waals surface area contributed by atoms with E-state index in [1.54, 1.807) is 6.07 Å². The molecule has 3 aromatic rings. The molecule has 2 heteroatoms. The van der Waals surface area contributed by atoms with Crippen LogP contribution in [-0.4, -0.2) is 0 Å². The minimum Gasteiger partial charge on any atom is -0.207 e. The third-order valence-electron chi connectivity index (χ3n) is 4.45. The maximum Gasteiger partial charge on any atom is 0.131 e. The molecular formula is C23H22F2. The van der Waals surface area contributed by atoms with Crippen molar-refractivity contribution in [2.75, 3.05) is 0 Å². The molecular weight excluding hydrogens is 314 g/mol. The smallest absolute Gasteiger partial charge is 0.131 e. The summed E-state index contributed by atoms with van der Waals surface area (Å²) in [4.78, 5) is 0. The van der Waals surface area contributed by atoms with E-state index in [1.165, 1.54) is 17.7 Å². The normalized spacial score (nSPS) is 10.8. The molecule has 3 aromatic carbocycles. The molecule has 0 unspecified atom stereocenters. The first-order valence-corrected chi connectivity index (χ1v) is 8.78. The van der Waals surface area contributed by atoms with Crippen molar-refractivity contribution >= 4 is 0 Å². The fraction of sp³-hybridized carbons (Fsp3) is 0.217. The molecule has 0 saturated carbocycles. The Labute approximate surface area is 148 Å². The van der Waals surface area contributed by atoms with Crippen LogP contribution in [0.3, 0.4) is 0 Å². The van der Waals surface area contributed by atoms with Crippen molar-refractivity contribution in [1.29, 1.82) is 0 Å². The fourth-order valence-electron chi connectivity index (χ4n) is 3.03. The van der Waals surface area contributed by atoms with Gasteiger partial charge in [-0.25, -0.2) is 8.78 Å². The van der Waals surface area contributed by atoms with E-state index in [0.717, 1.165) is 42.4 Å². The Balaban J connectivity index is 1.68. The van der Waals surface area contributed by atoms with E-state index in [4.69, 9.17) is 0 Å². The van der Waals surface area contributed by atoms with Crippen molar-refractivity contribution in [3.63, 3.8) is 0 Å². The van der Waals surface area contributed by atoms with Crippen molar-refractivity contribution in [3.05, 3.63) is 95.1 Å². The number of hydrogen-bond donors (Lipinski definition) is 0. The number of benzene rings is 3. The van der Waals surface area contributed by atoms with E-state index < -0.39 is 0 Å². The third-order valence-corrected chi connectivity index (χ3v) is 4.45. The highest BCUT2D eigenvalue weighted by Gasteiger charge is 2.06. The first kappa shape index (κ1) is 17.3. The predicted octanol–water partition coefficient (Wildman–Crippen LogP) is 6.37. The molecule has 0 atom stereocenters. The Bertz CT molecular complexity index is 818. The van der Waals surface area contributed by atoms with Gasteiger partial charge >= 0.3 is 0 Å². The molecule has 0 aliphatic rings. The van der Waals surface area contributed by atoms with Gasteiger partial charge in [-0.05, 0) is 59.7 Å². The lowest BCUT2D eigenvalue weighted by Crippen LogP contribution is -1.93. The molecule has 0 bridgehead atoms. The second kappa shape index (κ2) is 8.06. The Hall–Kier alpha value is -2.48. The summed E-state index contributed by atoms with van der Waals surface area (Å²) in [5.74, 6) is -0.370. The fourth-order valence-corrected chi connectivity index (χ4v) is 3.03. The zero-order valence-electron chi connectivity index (χ0n) is 14.4. The molecule has 0 aromatic heterocycles. The SMILES string of the molecule is CCCc1ccc(-c2ccc(CCc3ccc(F)cc3)cc2)c(F)c1. The van der Waals surface area contributed by atoms with Crippen molar-refractivity contribution in [1.82, 2.24) is 0 Å². The Morgan fingerprint density at radius 2 is 1.20 bits per heavy atom. The van der Waals surface area contributed by atoms with Gasteiger partial charge in [-0.2, -0.15) is 0 Å². The van der Waals surface area contributed by atoms with Crippen molar-refractivity contribution < 1.29 is 8.78 Å². The minimum atomic E-state index is -0.208. The van der Waals surface area contributed by atoms with Gasteiger partial charge in [0.2, 0.25) is 0 Å². The molecule has 0 radical (unpaired) electrons. The van der Waals surface area contributed by atoms with Crippen LogP contribution in [0.4, 0.5) is 8.78 Å². The summed E-state index contributed by atoms with van der Waals surface area (Å²) in [6.45, 7) is 2.09. The second-order valence-electron chi connectivity index (χ2n) is 6.39. The van der Waals surface area contributed by atoms with Crippen LogP contribution in [0.5, 0.6) is 0 Å². The van der Waals surface area contributed by atoms with Crippen LogP contribution in [0.1, 0.15) is 30.0 Å². The van der Waals surface area contributed by atoms with E-state index in [2.05, 4.69) is 6.92 Å². The highest BCUT2D eigenvalue weighted by Crippen LogP contribution is 2.25. The predicted molar refractivity (Wildman–Crippen MR) is 99.6 cm³/mol. The van der Waals surface area contributed by atoms with Crippen molar-refractivity contribution in [2.24, 2.45) is 0 Å². The topological polar surface area (TPSA) is 0 Å². The van der Waals surface area contributed by atoms with Gasteiger partial charge in [0.15, 0.2) is 0 Å². The Morgan fingerprint density at radius 1 is 0.640 bits per heavy atom. The van der Waals surface area contributed by atoms with Crippen LogP contribution in [0, 0.1) is 11.6 Å². The first-order chi connectivity index (χ1) is 12.2. The largest absolute Gasteiger partial charge is 0.207 e. The van der Waals surface area contributed by atoms with E-state index >= 15 is 0 Å². The van der Waals surface area contributed by atoms with Gasteiger partial charge in [0, 0.05) is 5.56 Å². The van der Waals surface area contributed by atoms with E-state index in [-0.39, 0.29) is 11.6 Å².